The molecule has 0 radical (unpaired) electrons. The smallest absolute Gasteiger partial charge is 0.429 e. The van der Waals surface area contributed by atoms with E-state index in [1.807, 2.05) is 29.2 Å². The van der Waals surface area contributed by atoms with Crippen molar-refractivity contribution in [2.75, 3.05) is 37.4 Å². The summed E-state index contributed by atoms with van der Waals surface area (Å²) in [5, 5.41) is 13.3. The molecule has 1 spiro atoms. The highest BCUT2D eigenvalue weighted by Gasteiger charge is 2.45. The molecule has 4 N–H and O–H groups in total. The number of nitrogens with two attached hydrogens (primary N) is 1. The van der Waals surface area contributed by atoms with E-state index >= 15 is 0 Å². The summed E-state index contributed by atoms with van der Waals surface area (Å²) in [6.45, 7) is 1.70. The van der Waals surface area contributed by atoms with Crippen molar-refractivity contribution in [2.45, 2.75) is 37.6 Å². The lowest BCUT2D eigenvalue weighted by molar-refractivity contribution is -0.198. The number of nitrogen functional groups attached to an aromatic ring is 1. The van der Waals surface area contributed by atoms with E-state index in [1.54, 1.807) is 25.3 Å². The number of nitrogens with one attached hydrogen (secondary N) is 1. The molecule has 2 aliphatic heterocycles. The molecule has 2 aromatic carbocycles. The Morgan fingerprint density at radius 2 is 1.75 bits per heavy atom. The second kappa shape index (κ2) is 11.5. The van der Waals surface area contributed by atoms with Gasteiger partial charge in [-0.15, -0.1) is 0 Å². The number of fused-ring (bicyclic) bond motifs is 1. The zero-order valence-corrected chi connectivity index (χ0v) is 23.8. The van der Waals surface area contributed by atoms with Gasteiger partial charge in [-0.1, -0.05) is 30.3 Å². The molecule has 4 heterocycles. The maximum Gasteiger partial charge on any atom is 0.429 e. The molecule has 13 heteroatoms. The van der Waals surface area contributed by atoms with Crippen molar-refractivity contribution in [3.8, 4) is 22.9 Å². The third-order valence-electron chi connectivity index (χ3n) is 8.47. The van der Waals surface area contributed by atoms with Gasteiger partial charge in [0.2, 0.25) is 23.8 Å². The first-order valence-corrected chi connectivity index (χ1v) is 14.2. The van der Waals surface area contributed by atoms with E-state index in [1.165, 1.54) is 18.2 Å². The van der Waals surface area contributed by atoms with Crippen LogP contribution in [0, 0.1) is 5.41 Å². The Morgan fingerprint density at radius 1 is 1.02 bits per heavy atom. The van der Waals surface area contributed by atoms with E-state index in [9.17, 15) is 23.1 Å². The second-order valence-corrected chi connectivity index (χ2v) is 11.3. The summed E-state index contributed by atoms with van der Waals surface area (Å²) < 4.78 is 53.5. The zero-order valence-electron chi connectivity index (χ0n) is 23.8. The number of anilines is 2. The molecular weight excluding hydrogens is 577 g/mol. The van der Waals surface area contributed by atoms with Crippen LogP contribution >= 0.6 is 0 Å². The Bertz CT molecular complexity index is 1680. The molecule has 4 aromatic rings. The van der Waals surface area contributed by atoms with Gasteiger partial charge in [-0.2, -0.15) is 23.1 Å². The summed E-state index contributed by atoms with van der Waals surface area (Å²) >= 11 is 0. The predicted octanol–water partition coefficient (Wildman–Crippen LogP) is 5.00. The monoisotopic (exact) mass is 608 g/mol. The number of halogens is 3. The number of ether oxygens (including phenoxy) is 2. The number of carboxylic acid groups (broad SMARTS) is 1. The molecule has 1 unspecified atom stereocenters. The highest BCUT2D eigenvalue weighted by Crippen LogP contribution is 2.41. The van der Waals surface area contributed by atoms with Gasteiger partial charge in [0.15, 0.2) is 0 Å². The summed E-state index contributed by atoms with van der Waals surface area (Å²) in [5.41, 5.74) is 7.97. The molecule has 2 atom stereocenters. The van der Waals surface area contributed by atoms with E-state index < -0.39 is 24.3 Å². The van der Waals surface area contributed by atoms with Gasteiger partial charge in [-0.3, -0.25) is 4.79 Å². The van der Waals surface area contributed by atoms with E-state index in [-0.39, 0.29) is 22.8 Å². The van der Waals surface area contributed by atoms with Crippen molar-refractivity contribution in [3.05, 3.63) is 66.2 Å². The lowest BCUT2D eigenvalue weighted by Gasteiger charge is -2.39. The average Bonchev–Trinajstić information content (AvgIpc) is 3.42. The third-order valence-corrected chi connectivity index (χ3v) is 8.47. The van der Waals surface area contributed by atoms with Crippen LogP contribution in [0.1, 0.15) is 30.9 Å². The standard InChI is InChI=1S/C31H31F3N6O4/c1-43-25-9-7-21-14-20(6-8-22(21)37-25)18-2-4-19(5-3-18)27(31(32,33)34)44-26-15-24(38-29(35)39-26)40-12-10-30(11-13-40)16-23(28(41)42)36-17-30/h2-9,14-15,23,27,36H,10-13,16-17H2,1H3,(H,41,42)(H2,35,38,39)/t23?,27-/m1/s1. The minimum atomic E-state index is -4.73. The first-order chi connectivity index (χ1) is 21.0. The van der Waals surface area contributed by atoms with Crippen LogP contribution in [0.2, 0.25) is 0 Å². The number of nitrogens with zero attached hydrogens (tertiary/aromatic N) is 4. The number of hydrogen-bond acceptors (Lipinski definition) is 9. The number of carbonyl (C=O) groups is 1. The first kappa shape index (κ1) is 29.4. The van der Waals surface area contributed by atoms with Crippen LogP contribution < -0.4 is 25.4 Å². The van der Waals surface area contributed by atoms with Gasteiger partial charge >= 0.3 is 12.1 Å². The van der Waals surface area contributed by atoms with Crippen molar-refractivity contribution in [2.24, 2.45) is 5.41 Å². The molecule has 0 aliphatic carbocycles. The molecule has 44 heavy (non-hydrogen) atoms. The quantitative estimate of drug-likeness (QED) is 0.263. The average molecular weight is 609 g/mol. The van der Waals surface area contributed by atoms with Crippen molar-refractivity contribution in [1.29, 1.82) is 0 Å². The SMILES string of the molecule is COc1ccc2cc(-c3ccc([C@@H](Oc4cc(N5CCC6(CC5)CNC(C(=O)O)C6)nc(N)n4)C(F)(F)F)cc3)ccc2n1. The normalized spacial score (nSPS) is 18.8. The highest BCUT2D eigenvalue weighted by molar-refractivity contribution is 5.85. The summed E-state index contributed by atoms with van der Waals surface area (Å²) in [7, 11) is 1.54. The summed E-state index contributed by atoms with van der Waals surface area (Å²) in [6, 6.07) is 16.0. The van der Waals surface area contributed by atoms with Gasteiger partial charge in [-0.05, 0) is 54.0 Å². The minimum absolute atomic E-state index is 0.0891. The number of aromatic nitrogens is 3. The molecule has 2 aromatic heterocycles. The van der Waals surface area contributed by atoms with Crippen LogP contribution in [0.15, 0.2) is 60.7 Å². The number of pyridine rings is 1. The van der Waals surface area contributed by atoms with Gasteiger partial charge < -0.3 is 30.5 Å². The molecular formula is C31H31F3N6O4. The number of hydrogen-bond donors (Lipinski definition) is 3. The van der Waals surface area contributed by atoms with E-state index in [0.717, 1.165) is 22.0 Å². The lowest BCUT2D eigenvalue weighted by atomic mass is 9.76. The zero-order chi connectivity index (χ0) is 31.1. The topological polar surface area (TPSA) is 136 Å². The van der Waals surface area contributed by atoms with E-state index in [0.29, 0.717) is 50.6 Å². The van der Waals surface area contributed by atoms with Crippen molar-refractivity contribution in [3.63, 3.8) is 0 Å². The van der Waals surface area contributed by atoms with Crippen molar-refractivity contribution in [1.82, 2.24) is 20.3 Å². The second-order valence-electron chi connectivity index (χ2n) is 11.3. The van der Waals surface area contributed by atoms with Gasteiger partial charge in [0, 0.05) is 42.7 Å². The number of carboxylic acids is 1. The number of piperidine rings is 1. The number of benzene rings is 2. The Morgan fingerprint density at radius 3 is 2.41 bits per heavy atom. The largest absolute Gasteiger partial charge is 0.481 e. The molecule has 0 amide bonds. The van der Waals surface area contributed by atoms with Crippen LogP contribution in [0.25, 0.3) is 22.0 Å². The fourth-order valence-electron chi connectivity index (χ4n) is 6.03. The molecule has 2 aliphatic rings. The van der Waals surface area contributed by atoms with E-state index in [4.69, 9.17) is 15.2 Å². The highest BCUT2D eigenvalue weighted by atomic mass is 19.4. The Kier molecular flexibility index (Phi) is 7.66. The lowest BCUT2D eigenvalue weighted by Crippen LogP contribution is -2.41. The van der Waals surface area contributed by atoms with Gasteiger partial charge in [0.1, 0.15) is 11.9 Å². The molecule has 10 nitrogen and oxygen atoms in total. The molecule has 6 rings (SSSR count). The van der Waals surface area contributed by atoms with Crippen LogP contribution in [0.3, 0.4) is 0 Å². The number of aliphatic carboxylic acids is 1. The molecule has 0 saturated carbocycles. The van der Waals surface area contributed by atoms with Gasteiger partial charge in [0.05, 0.1) is 12.6 Å². The summed E-state index contributed by atoms with van der Waals surface area (Å²) in [4.78, 5) is 25.9. The minimum Gasteiger partial charge on any atom is -0.481 e. The number of alkyl halides is 3. The molecule has 230 valence electrons. The molecule has 2 fully saturated rings. The maximum absolute atomic E-state index is 14.3. The fourth-order valence-corrected chi connectivity index (χ4v) is 6.03. The summed E-state index contributed by atoms with van der Waals surface area (Å²) in [6.07, 6.45) is -5.06. The third kappa shape index (κ3) is 6.05. The van der Waals surface area contributed by atoms with Gasteiger partial charge in [-0.25, -0.2) is 4.98 Å². The maximum atomic E-state index is 14.3. The van der Waals surface area contributed by atoms with Crippen LogP contribution in [0.4, 0.5) is 24.9 Å². The van der Waals surface area contributed by atoms with E-state index in [2.05, 4.69) is 20.3 Å². The molecule has 0 bridgehead atoms. The Labute approximate surface area is 251 Å². The summed E-state index contributed by atoms with van der Waals surface area (Å²) in [5.74, 6) is -0.498. The fraction of sp³-hybridized carbons (Fsp3) is 0.355. The number of methoxy groups -OCH3 is 1. The van der Waals surface area contributed by atoms with Crippen molar-refractivity contribution < 1.29 is 32.5 Å². The Hall–Kier alpha value is -4.65. The van der Waals surface area contributed by atoms with Crippen LogP contribution in [-0.2, 0) is 4.79 Å². The predicted molar refractivity (Wildman–Crippen MR) is 158 cm³/mol. The van der Waals surface area contributed by atoms with Gasteiger partial charge in [0.25, 0.3) is 0 Å². The molecule has 2 saturated heterocycles. The Balaban J connectivity index is 1.19. The van der Waals surface area contributed by atoms with Crippen LogP contribution in [0.5, 0.6) is 11.8 Å². The van der Waals surface area contributed by atoms with Crippen LogP contribution in [-0.4, -0.2) is 65.0 Å². The number of rotatable bonds is 7. The first-order valence-electron chi connectivity index (χ1n) is 14.2. The van der Waals surface area contributed by atoms with Crippen molar-refractivity contribution >= 4 is 28.6 Å².